The highest BCUT2D eigenvalue weighted by Gasteiger charge is 2.33. The van der Waals surface area contributed by atoms with Crippen LogP contribution in [0, 0.1) is 12.8 Å². The van der Waals surface area contributed by atoms with Crippen molar-refractivity contribution in [1.82, 2.24) is 9.29 Å². The molecule has 2 heterocycles. The lowest BCUT2D eigenvalue weighted by Crippen LogP contribution is -2.42. The van der Waals surface area contributed by atoms with E-state index >= 15 is 0 Å². The van der Waals surface area contributed by atoms with E-state index in [0.717, 1.165) is 5.56 Å². The number of oxazole rings is 1. The first-order chi connectivity index (χ1) is 11.4. The summed E-state index contributed by atoms with van der Waals surface area (Å²) in [6, 6.07) is 6.36. The van der Waals surface area contributed by atoms with Crippen molar-refractivity contribution in [2.24, 2.45) is 5.92 Å². The monoisotopic (exact) mass is 350 g/mol. The molecular weight excluding hydrogens is 332 g/mol. The molecule has 1 N–H and O–H groups in total. The topological polar surface area (TPSA) is 101 Å². The molecule has 1 aromatic heterocycles. The minimum atomic E-state index is -3.70. The Morgan fingerprint density at radius 2 is 2.04 bits per heavy atom. The number of hydrogen-bond acceptors (Lipinski definition) is 5. The van der Waals surface area contributed by atoms with E-state index in [-0.39, 0.29) is 11.4 Å². The van der Waals surface area contributed by atoms with Crippen LogP contribution in [0.25, 0.3) is 11.3 Å². The first kappa shape index (κ1) is 16.7. The Kier molecular flexibility index (Phi) is 4.42. The average Bonchev–Trinajstić information content (AvgIpc) is 3.01. The van der Waals surface area contributed by atoms with Crippen LogP contribution in [0.4, 0.5) is 0 Å². The Morgan fingerprint density at radius 1 is 1.33 bits per heavy atom. The highest BCUT2D eigenvalue weighted by molar-refractivity contribution is 7.89. The first-order valence-electron chi connectivity index (χ1n) is 7.63. The van der Waals surface area contributed by atoms with Crippen LogP contribution in [0.3, 0.4) is 0 Å². The highest BCUT2D eigenvalue weighted by atomic mass is 32.2. The Morgan fingerprint density at radius 3 is 2.62 bits per heavy atom. The number of hydrogen-bond donors (Lipinski definition) is 1. The predicted octanol–water partition coefficient (Wildman–Crippen LogP) is 2.14. The summed E-state index contributed by atoms with van der Waals surface area (Å²) in [7, 11) is -3.70. The van der Waals surface area contributed by atoms with Gasteiger partial charge in [0.05, 0.1) is 10.8 Å². The highest BCUT2D eigenvalue weighted by Crippen LogP contribution is 2.26. The van der Waals surface area contributed by atoms with Crippen molar-refractivity contribution in [2.75, 3.05) is 13.1 Å². The van der Waals surface area contributed by atoms with Gasteiger partial charge in [-0.15, -0.1) is 0 Å². The van der Waals surface area contributed by atoms with E-state index in [9.17, 15) is 13.2 Å². The van der Waals surface area contributed by atoms with Crippen LogP contribution >= 0.6 is 0 Å². The molecule has 0 radical (unpaired) electrons. The van der Waals surface area contributed by atoms with Crippen molar-refractivity contribution in [1.29, 1.82) is 0 Å². The molecule has 24 heavy (non-hydrogen) atoms. The van der Waals surface area contributed by atoms with Gasteiger partial charge in [0.1, 0.15) is 12.0 Å². The van der Waals surface area contributed by atoms with Crippen LogP contribution in [0.5, 0.6) is 0 Å². The van der Waals surface area contributed by atoms with Gasteiger partial charge >= 0.3 is 5.97 Å². The largest absolute Gasteiger partial charge is 0.481 e. The number of aliphatic carboxylic acids is 1. The van der Waals surface area contributed by atoms with Crippen LogP contribution in [0.2, 0.25) is 0 Å². The Labute approximate surface area is 140 Å². The number of rotatable bonds is 4. The van der Waals surface area contributed by atoms with Gasteiger partial charge in [0, 0.05) is 25.6 Å². The summed E-state index contributed by atoms with van der Waals surface area (Å²) in [6.45, 7) is 2.09. The molecule has 0 aliphatic carbocycles. The van der Waals surface area contributed by atoms with E-state index in [1.54, 1.807) is 19.1 Å². The molecule has 0 bridgehead atoms. The van der Waals surface area contributed by atoms with Crippen molar-refractivity contribution in [3.63, 3.8) is 0 Å². The molecule has 1 fully saturated rings. The van der Waals surface area contributed by atoms with Gasteiger partial charge in [-0.2, -0.15) is 4.31 Å². The van der Waals surface area contributed by atoms with E-state index < -0.39 is 21.9 Å². The zero-order chi connectivity index (χ0) is 17.3. The van der Waals surface area contributed by atoms with E-state index in [4.69, 9.17) is 9.52 Å². The molecule has 1 aromatic carbocycles. The molecule has 0 saturated carbocycles. The van der Waals surface area contributed by atoms with E-state index in [1.807, 2.05) is 0 Å². The van der Waals surface area contributed by atoms with Crippen LogP contribution in [-0.4, -0.2) is 41.9 Å². The summed E-state index contributed by atoms with van der Waals surface area (Å²) in [5, 5.41) is 9.12. The molecule has 2 aromatic rings. The first-order valence-corrected chi connectivity index (χ1v) is 9.07. The normalized spacial score (nSPS) is 19.3. The van der Waals surface area contributed by atoms with Gasteiger partial charge in [0.2, 0.25) is 10.0 Å². The fourth-order valence-corrected chi connectivity index (χ4v) is 4.33. The van der Waals surface area contributed by atoms with Gasteiger partial charge < -0.3 is 9.52 Å². The van der Waals surface area contributed by atoms with Crippen LogP contribution in [0.15, 0.2) is 39.8 Å². The Bertz CT molecular complexity index is 842. The van der Waals surface area contributed by atoms with Gasteiger partial charge in [-0.1, -0.05) is 12.1 Å². The SMILES string of the molecule is Cc1nc(-c2ccc(S(=O)(=O)N3CCC[C@@H](C(=O)O)C3)cc2)co1. The number of nitrogens with zero attached hydrogens (tertiary/aromatic N) is 2. The molecule has 128 valence electrons. The molecule has 1 atom stereocenters. The number of sulfonamides is 1. The Balaban J connectivity index is 1.83. The quantitative estimate of drug-likeness (QED) is 0.906. The van der Waals surface area contributed by atoms with Crippen molar-refractivity contribution < 1.29 is 22.7 Å². The summed E-state index contributed by atoms with van der Waals surface area (Å²) in [6.07, 6.45) is 2.57. The maximum atomic E-state index is 12.7. The van der Waals surface area contributed by atoms with Gasteiger partial charge in [0.25, 0.3) is 0 Å². The second-order valence-corrected chi connectivity index (χ2v) is 7.75. The predicted molar refractivity (Wildman–Crippen MR) is 85.8 cm³/mol. The smallest absolute Gasteiger partial charge is 0.307 e. The lowest BCUT2D eigenvalue weighted by molar-refractivity contribution is -0.142. The molecule has 1 aliphatic rings. The molecule has 8 heteroatoms. The molecule has 0 amide bonds. The second-order valence-electron chi connectivity index (χ2n) is 5.82. The van der Waals surface area contributed by atoms with Crippen molar-refractivity contribution >= 4 is 16.0 Å². The fraction of sp³-hybridized carbons (Fsp3) is 0.375. The Hall–Kier alpha value is -2.19. The van der Waals surface area contributed by atoms with E-state index in [1.165, 1.54) is 22.7 Å². The van der Waals surface area contributed by atoms with Crippen LogP contribution in [0.1, 0.15) is 18.7 Å². The maximum Gasteiger partial charge on any atom is 0.307 e. The summed E-state index contributed by atoms with van der Waals surface area (Å²) >= 11 is 0. The number of aromatic nitrogens is 1. The lowest BCUT2D eigenvalue weighted by Gasteiger charge is -2.29. The maximum absolute atomic E-state index is 12.7. The van der Waals surface area contributed by atoms with Crippen molar-refractivity contribution in [3.05, 3.63) is 36.4 Å². The zero-order valence-corrected chi connectivity index (χ0v) is 14.0. The minimum Gasteiger partial charge on any atom is -0.481 e. The van der Waals surface area contributed by atoms with Crippen molar-refractivity contribution in [2.45, 2.75) is 24.7 Å². The average molecular weight is 350 g/mol. The molecule has 0 spiro atoms. The molecule has 1 aliphatic heterocycles. The number of benzene rings is 1. The molecule has 1 saturated heterocycles. The van der Waals surface area contributed by atoms with Gasteiger partial charge in [0.15, 0.2) is 5.89 Å². The fourth-order valence-electron chi connectivity index (χ4n) is 2.81. The van der Waals surface area contributed by atoms with E-state index in [2.05, 4.69) is 4.98 Å². The van der Waals surface area contributed by atoms with Crippen molar-refractivity contribution in [3.8, 4) is 11.3 Å². The summed E-state index contributed by atoms with van der Waals surface area (Å²) in [5.41, 5.74) is 1.40. The van der Waals surface area contributed by atoms with Crippen LogP contribution < -0.4 is 0 Å². The number of carbonyl (C=O) groups is 1. The molecule has 0 unspecified atom stereocenters. The van der Waals surface area contributed by atoms with Gasteiger partial charge in [-0.25, -0.2) is 13.4 Å². The number of aryl methyl sites for hydroxylation is 1. The zero-order valence-electron chi connectivity index (χ0n) is 13.2. The summed E-state index contributed by atoms with van der Waals surface area (Å²) in [4.78, 5) is 15.5. The molecule has 7 nitrogen and oxygen atoms in total. The third-order valence-electron chi connectivity index (χ3n) is 4.14. The molecular formula is C16H18N2O5S. The van der Waals surface area contributed by atoms with Gasteiger partial charge in [-0.05, 0) is 25.0 Å². The summed E-state index contributed by atoms with van der Waals surface area (Å²) < 4.78 is 31.8. The number of carboxylic acids is 1. The standard InChI is InChI=1S/C16H18N2O5S/c1-11-17-15(10-23-11)12-4-6-14(7-5-12)24(21,22)18-8-2-3-13(9-18)16(19)20/h4-7,10,13H,2-3,8-9H2,1H3,(H,19,20)/t13-/m1/s1. The lowest BCUT2D eigenvalue weighted by atomic mass is 10.0. The third kappa shape index (κ3) is 3.20. The third-order valence-corrected chi connectivity index (χ3v) is 6.02. The number of piperidine rings is 1. The summed E-state index contributed by atoms with van der Waals surface area (Å²) in [5.74, 6) is -1.06. The number of carboxylic acid groups (broad SMARTS) is 1. The molecule has 3 rings (SSSR count). The second kappa shape index (κ2) is 6.37. The van der Waals surface area contributed by atoms with Crippen LogP contribution in [-0.2, 0) is 14.8 Å². The van der Waals surface area contributed by atoms with E-state index in [0.29, 0.717) is 31.0 Å². The van der Waals surface area contributed by atoms with Gasteiger partial charge in [-0.3, -0.25) is 4.79 Å². The minimum absolute atomic E-state index is 0.0158.